The molecule has 0 amide bonds. The summed E-state index contributed by atoms with van der Waals surface area (Å²) in [4.78, 5) is 11.1. The number of hydrogen-bond donors (Lipinski definition) is 0. The number of nitrogens with zero attached hydrogens (tertiary/aromatic N) is 3. The molecular formula is C45H55N3O. The number of aryl methyl sites for hydroxylation is 2. The lowest BCUT2D eigenvalue weighted by atomic mass is 10.0. The van der Waals surface area contributed by atoms with Gasteiger partial charge < -0.3 is 4.74 Å². The van der Waals surface area contributed by atoms with Crippen molar-refractivity contribution >= 4 is 10.8 Å². The maximum Gasteiger partial charge on any atom is 0.115 e. The van der Waals surface area contributed by atoms with Crippen LogP contribution in [0.1, 0.15) is 75.3 Å². The number of fused-ring (bicyclic) bond motifs is 2. The summed E-state index contributed by atoms with van der Waals surface area (Å²) in [6.07, 6.45) is 25.3. The van der Waals surface area contributed by atoms with Crippen molar-refractivity contribution in [1.29, 1.82) is 0 Å². The number of aromatic nitrogens is 3. The van der Waals surface area contributed by atoms with E-state index in [1.165, 1.54) is 94.1 Å². The number of pyridine rings is 1. The molecule has 0 bridgehead atoms. The summed E-state index contributed by atoms with van der Waals surface area (Å²) >= 11 is 0. The van der Waals surface area contributed by atoms with E-state index in [-0.39, 0.29) is 0 Å². The summed E-state index contributed by atoms with van der Waals surface area (Å²) in [6, 6.07) is 44.9. The molecule has 2 fully saturated rings. The van der Waals surface area contributed by atoms with Gasteiger partial charge in [0, 0.05) is 38.0 Å². The smallest absolute Gasteiger partial charge is 0.115 e. The molecule has 1 saturated carbocycles. The van der Waals surface area contributed by atoms with E-state index in [1.807, 2.05) is 54.6 Å². The van der Waals surface area contributed by atoms with Gasteiger partial charge in [-0.05, 0) is 78.6 Å². The SMILES string of the molecule is C1CCCCC1.C1CCOCC1.c1ccc2c(c1)CCC2.c1ccc2ccccc2c1.c1ccccc1.c1ccncc1.c1cncnc1. The molecule has 0 N–H and O–H groups in total. The number of ether oxygens (including phenoxy) is 1. The molecular weight excluding hydrogens is 599 g/mol. The lowest BCUT2D eigenvalue weighted by Gasteiger charge is -2.08. The first-order valence-electron chi connectivity index (χ1n) is 18.1. The second kappa shape index (κ2) is 28.4. The summed E-state index contributed by atoms with van der Waals surface area (Å²) in [7, 11) is 0. The second-order valence-corrected chi connectivity index (χ2v) is 11.8. The molecule has 0 radical (unpaired) electrons. The lowest BCUT2D eigenvalue weighted by molar-refractivity contribution is 0.0968. The van der Waals surface area contributed by atoms with Crippen molar-refractivity contribution in [3.05, 3.63) is 176 Å². The Balaban J connectivity index is 0.000000157. The highest BCUT2D eigenvalue weighted by Crippen LogP contribution is 2.20. The van der Waals surface area contributed by atoms with E-state index >= 15 is 0 Å². The van der Waals surface area contributed by atoms with Crippen LogP contribution in [0.15, 0.2) is 165 Å². The van der Waals surface area contributed by atoms with E-state index in [2.05, 4.69) is 87.7 Å². The van der Waals surface area contributed by atoms with Crippen LogP contribution in [0.25, 0.3) is 10.8 Å². The van der Waals surface area contributed by atoms with Gasteiger partial charge >= 0.3 is 0 Å². The molecule has 3 aliphatic rings. The van der Waals surface area contributed by atoms with Gasteiger partial charge in [-0.2, -0.15) is 0 Å². The van der Waals surface area contributed by atoms with Crippen molar-refractivity contribution in [2.45, 2.75) is 77.0 Å². The molecule has 4 nitrogen and oxygen atoms in total. The Morgan fingerprint density at radius 1 is 0.327 bits per heavy atom. The Labute approximate surface area is 295 Å². The first kappa shape index (κ1) is 38.8. The van der Waals surface area contributed by atoms with Gasteiger partial charge in [-0.25, -0.2) is 9.97 Å². The standard InChI is InChI=1S/C10H8.C9H10.C6H12.C6H6.C5H5N.C5H10O.C4H4N2/c1-2-6-10-8-4-3-7-9(10)5-1;1-2-5-9-7-3-6-8(9)4-1;4*1-2-4-6-5-3-1;1-2-5-4-6-3-1/h1-8H;1-2,4-5H,3,6-7H2;1-6H2;1-6H;1-5H;1-5H2;1-4H. The molecule has 3 heterocycles. The van der Waals surface area contributed by atoms with Crippen LogP contribution in [0, 0.1) is 0 Å². The van der Waals surface area contributed by atoms with Gasteiger partial charge in [0.1, 0.15) is 6.33 Å². The van der Waals surface area contributed by atoms with Gasteiger partial charge in [-0.1, -0.05) is 154 Å². The van der Waals surface area contributed by atoms with Gasteiger partial charge in [-0.3, -0.25) is 4.98 Å². The molecule has 4 aromatic carbocycles. The van der Waals surface area contributed by atoms with E-state index in [0.29, 0.717) is 0 Å². The molecule has 9 rings (SSSR count). The first-order valence-corrected chi connectivity index (χ1v) is 18.1. The van der Waals surface area contributed by atoms with Crippen molar-refractivity contribution in [2.24, 2.45) is 0 Å². The van der Waals surface area contributed by atoms with E-state index < -0.39 is 0 Å². The summed E-state index contributed by atoms with van der Waals surface area (Å²) in [5.41, 5.74) is 3.13. The van der Waals surface area contributed by atoms with E-state index in [1.54, 1.807) is 42.0 Å². The zero-order chi connectivity index (χ0) is 34.1. The predicted octanol–water partition coefficient (Wildman–Crippen LogP) is 11.8. The molecule has 6 aromatic rings. The average Bonchev–Trinajstić information content (AvgIpc) is 3.72. The maximum absolute atomic E-state index is 5.07. The minimum Gasteiger partial charge on any atom is -0.381 e. The van der Waals surface area contributed by atoms with Crippen LogP contribution in [0.5, 0.6) is 0 Å². The van der Waals surface area contributed by atoms with Gasteiger partial charge in [0.15, 0.2) is 0 Å². The molecule has 2 aromatic heterocycles. The maximum atomic E-state index is 5.07. The lowest BCUT2D eigenvalue weighted by Crippen LogP contribution is -2.03. The fourth-order valence-corrected chi connectivity index (χ4v) is 5.35. The minimum absolute atomic E-state index is 1.00. The highest BCUT2D eigenvalue weighted by molar-refractivity contribution is 5.82. The summed E-state index contributed by atoms with van der Waals surface area (Å²) in [5, 5.41) is 2.62. The zero-order valence-corrected chi connectivity index (χ0v) is 29.2. The van der Waals surface area contributed by atoms with Gasteiger partial charge in [0.2, 0.25) is 0 Å². The minimum atomic E-state index is 1.00. The van der Waals surface area contributed by atoms with Crippen LogP contribution < -0.4 is 0 Å². The van der Waals surface area contributed by atoms with Crippen LogP contribution in [-0.2, 0) is 17.6 Å². The molecule has 0 unspecified atom stereocenters. The molecule has 2 aliphatic carbocycles. The van der Waals surface area contributed by atoms with E-state index in [9.17, 15) is 0 Å². The normalized spacial score (nSPS) is 13.7. The topological polar surface area (TPSA) is 47.9 Å². The first-order chi connectivity index (χ1) is 24.4. The second-order valence-electron chi connectivity index (χ2n) is 11.8. The molecule has 49 heavy (non-hydrogen) atoms. The van der Waals surface area contributed by atoms with Crippen LogP contribution in [0.3, 0.4) is 0 Å². The van der Waals surface area contributed by atoms with E-state index in [4.69, 9.17) is 4.74 Å². The highest BCUT2D eigenvalue weighted by Gasteiger charge is 2.07. The Hall–Kier alpha value is -4.67. The number of rotatable bonds is 0. The number of hydrogen-bond acceptors (Lipinski definition) is 4. The number of benzene rings is 4. The molecule has 1 saturated heterocycles. The summed E-state index contributed by atoms with van der Waals surface area (Å²) < 4.78 is 5.07. The Bertz CT molecular complexity index is 1260. The summed E-state index contributed by atoms with van der Waals surface area (Å²) in [6.45, 7) is 2.00. The quantitative estimate of drug-likeness (QED) is 0.164. The van der Waals surface area contributed by atoms with Crippen LogP contribution >= 0.6 is 0 Å². The molecule has 256 valence electrons. The Morgan fingerprint density at radius 3 is 0.959 bits per heavy atom. The molecule has 1 aliphatic heterocycles. The highest BCUT2D eigenvalue weighted by atomic mass is 16.5. The monoisotopic (exact) mass is 653 g/mol. The molecule has 4 heteroatoms. The fraction of sp³-hybridized carbons (Fsp3) is 0.311. The Morgan fingerprint density at radius 2 is 0.694 bits per heavy atom. The van der Waals surface area contributed by atoms with Crippen molar-refractivity contribution in [3.8, 4) is 0 Å². The Kier molecular flexibility index (Phi) is 22.4. The van der Waals surface area contributed by atoms with Gasteiger partial charge in [-0.15, -0.1) is 0 Å². The fourth-order valence-electron chi connectivity index (χ4n) is 5.35. The van der Waals surface area contributed by atoms with Gasteiger partial charge in [0.25, 0.3) is 0 Å². The van der Waals surface area contributed by atoms with Crippen LogP contribution in [-0.4, -0.2) is 28.2 Å². The zero-order valence-electron chi connectivity index (χ0n) is 29.2. The molecule has 0 spiro atoms. The summed E-state index contributed by atoms with van der Waals surface area (Å²) in [5.74, 6) is 0. The van der Waals surface area contributed by atoms with Crippen molar-refractivity contribution in [2.75, 3.05) is 13.2 Å². The van der Waals surface area contributed by atoms with Crippen molar-refractivity contribution < 1.29 is 4.74 Å². The van der Waals surface area contributed by atoms with E-state index in [0.717, 1.165) is 13.2 Å². The van der Waals surface area contributed by atoms with Crippen LogP contribution in [0.2, 0.25) is 0 Å². The third-order valence-electron chi connectivity index (χ3n) is 7.96. The third kappa shape index (κ3) is 20.3. The third-order valence-corrected chi connectivity index (χ3v) is 7.96. The van der Waals surface area contributed by atoms with Crippen molar-refractivity contribution in [3.63, 3.8) is 0 Å². The predicted molar refractivity (Wildman–Crippen MR) is 207 cm³/mol. The average molecular weight is 654 g/mol. The largest absolute Gasteiger partial charge is 0.381 e. The molecule has 0 atom stereocenters. The van der Waals surface area contributed by atoms with Crippen molar-refractivity contribution in [1.82, 2.24) is 15.0 Å². The van der Waals surface area contributed by atoms with Gasteiger partial charge in [0.05, 0.1) is 0 Å². The van der Waals surface area contributed by atoms with Crippen LogP contribution in [0.4, 0.5) is 0 Å².